The molecule has 1 saturated heterocycles. The molecule has 5 rings (SSSR count). The van der Waals surface area contributed by atoms with Gasteiger partial charge in [-0.1, -0.05) is 24.8 Å². The largest absolute Gasteiger partial charge is 0.457 e. The van der Waals surface area contributed by atoms with E-state index < -0.39 is 23.5 Å². The van der Waals surface area contributed by atoms with Gasteiger partial charge in [0, 0.05) is 13.1 Å². The van der Waals surface area contributed by atoms with E-state index in [1.807, 2.05) is 30.3 Å². The topological polar surface area (TPSA) is 134 Å². The SMILES string of the molecule is C=C(F)C(=O)N1CCC[C@@H](n2c(=O)n(-c3ccc(Oc4ccccc4)cc3)c3c(N)nc(N)nc32)C1. The van der Waals surface area contributed by atoms with Crippen molar-refractivity contribution in [3.8, 4) is 17.2 Å². The third kappa shape index (κ3) is 4.15. The number of aromatic nitrogens is 4. The Morgan fingerprint density at radius 2 is 1.75 bits per heavy atom. The van der Waals surface area contributed by atoms with Crippen molar-refractivity contribution in [1.29, 1.82) is 0 Å². The molecule has 4 aromatic rings. The van der Waals surface area contributed by atoms with Crippen LogP contribution in [-0.2, 0) is 4.79 Å². The summed E-state index contributed by atoms with van der Waals surface area (Å²) >= 11 is 0. The number of para-hydroxylation sites is 1. The number of hydrogen-bond acceptors (Lipinski definition) is 7. The normalized spacial score (nSPS) is 15.7. The molecule has 3 heterocycles. The second-order valence-electron chi connectivity index (χ2n) is 8.49. The average molecular weight is 490 g/mol. The Kier molecular flexibility index (Phi) is 5.88. The average Bonchev–Trinajstić information content (AvgIpc) is 3.16. The first-order valence-corrected chi connectivity index (χ1v) is 11.4. The Hall–Kier alpha value is -4.67. The summed E-state index contributed by atoms with van der Waals surface area (Å²) in [4.78, 5) is 35.7. The fraction of sp³-hybridized carbons (Fsp3) is 0.200. The Bertz CT molecular complexity index is 1510. The number of likely N-dealkylation sites (tertiary alicyclic amines) is 1. The summed E-state index contributed by atoms with van der Waals surface area (Å²) in [6, 6.07) is 15.8. The highest BCUT2D eigenvalue weighted by Gasteiger charge is 2.31. The lowest BCUT2D eigenvalue weighted by Gasteiger charge is -2.32. The van der Waals surface area contributed by atoms with Crippen LogP contribution in [0.5, 0.6) is 11.5 Å². The van der Waals surface area contributed by atoms with Gasteiger partial charge in [0.15, 0.2) is 17.3 Å². The van der Waals surface area contributed by atoms with Crippen LogP contribution in [0.3, 0.4) is 0 Å². The van der Waals surface area contributed by atoms with Crippen LogP contribution in [0.15, 0.2) is 71.8 Å². The summed E-state index contributed by atoms with van der Waals surface area (Å²) in [6.07, 6.45) is 1.15. The van der Waals surface area contributed by atoms with E-state index in [2.05, 4.69) is 16.5 Å². The van der Waals surface area contributed by atoms with Gasteiger partial charge in [0.2, 0.25) is 5.95 Å². The Balaban J connectivity index is 1.58. The molecule has 36 heavy (non-hydrogen) atoms. The van der Waals surface area contributed by atoms with Crippen molar-refractivity contribution >= 4 is 28.8 Å². The lowest BCUT2D eigenvalue weighted by molar-refractivity contribution is -0.130. The van der Waals surface area contributed by atoms with Gasteiger partial charge in [-0.25, -0.2) is 9.18 Å². The summed E-state index contributed by atoms with van der Waals surface area (Å²) in [5, 5.41) is 0. The minimum atomic E-state index is -1.04. The third-order valence-corrected chi connectivity index (χ3v) is 6.11. The van der Waals surface area contributed by atoms with Gasteiger partial charge < -0.3 is 21.1 Å². The monoisotopic (exact) mass is 489 g/mol. The summed E-state index contributed by atoms with van der Waals surface area (Å²) in [6.45, 7) is 3.59. The van der Waals surface area contributed by atoms with Crippen LogP contribution in [-0.4, -0.2) is 43.0 Å². The standard InChI is InChI=1S/C25H24FN7O3/c1-15(26)23(34)31-13-5-6-17(14-31)33-22-20(21(27)29-24(28)30-22)32(25(33)35)16-9-11-19(12-10-16)36-18-7-3-2-4-8-18/h2-4,7-12,17H,1,5-6,13-14H2,(H4,27,28,29,30)/t17-/m1/s1. The summed E-state index contributed by atoms with van der Waals surface area (Å²) < 4.78 is 22.2. The molecule has 0 aliphatic carbocycles. The maximum absolute atomic E-state index is 13.8. The smallest absolute Gasteiger partial charge is 0.335 e. The van der Waals surface area contributed by atoms with E-state index in [1.54, 1.807) is 24.3 Å². The van der Waals surface area contributed by atoms with E-state index in [1.165, 1.54) is 14.0 Å². The lowest BCUT2D eigenvalue weighted by atomic mass is 10.1. The summed E-state index contributed by atoms with van der Waals surface area (Å²) in [5.41, 5.74) is 12.7. The van der Waals surface area contributed by atoms with Crippen molar-refractivity contribution in [2.75, 3.05) is 24.6 Å². The minimum Gasteiger partial charge on any atom is -0.457 e. The zero-order valence-corrected chi connectivity index (χ0v) is 19.3. The van der Waals surface area contributed by atoms with Crippen LogP contribution < -0.4 is 21.9 Å². The summed E-state index contributed by atoms with van der Waals surface area (Å²) in [7, 11) is 0. The molecule has 2 aromatic carbocycles. The molecule has 1 atom stereocenters. The van der Waals surface area contributed by atoms with Crippen molar-refractivity contribution in [2.24, 2.45) is 0 Å². The van der Waals surface area contributed by atoms with Gasteiger partial charge in [-0.15, -0.1) is 0 Å². The molecule has 1 amide bonds. The van der Waals surface area contributed by atoms with Gasteiger partial charge in [-0.05, 0) is 49.2 Å². The number of rotatable bonds is 5. The Labute approximate surface area is 205 Å². The molecule has 0 bridgehead atoms. The van der Waals surface area contributed by atoms with Crippen LogP contribution in [0.4, 0.5) is 16.2 Å². The molecule has 184 valence electrons. The highest BCUT2D eigenvalue weighted by atomic mass is 19.1. The Morgan fingerprint density at radius 1 is 1.06 bits per heavy atom. The lowest BCUT2D eigenvalue weighted by Crippen LogP contribution is -2.43. The number of halogens is 1. The molecular weight excluding hydrogens is 465 g/mol. The van der Waals surface area contributed by atoms with Gasteiger partial charge in [-0.3, -0.25) is 13.9 Å². The van der Waals surface area contributed by atoms with E-state index in [9.17, 15) is 14.0 Å². The molecular formula is C25H24FN7O3. The number of nitrogens with two attached hydrogens (primary N) is 2. The van der Waals surface area contributed by atoms with Gasteiger partial charge >= 0.3 is 5.69 Å². The first-order chi connectivity index (χ1) is 17.3. The number of fused-ring (bicyclic) bond motifs is 1. The van der Waals surface area contributed by atoms with Crippen molar-refractivity contribution in [3.63, 3.8) is 0 Å². The van der Waals surface area contributed by atoms with Gasteiger partial charge in [0.25, 0.3) is 5.91 Å². The number of nitrogen functional groups attached to an aromatic ring is 2. The van der Waals surface area contributed by atoms with E-state index in [4.69, 9.17) is 16.2 Å². The third-order valence-electron chi connectivity index (χ3n) is 6.11. The molecule has 0 spiro atoms. The predicted molar refractivity (Wildman–Crippen MR) is 134 cm³/mol. The molecule has 0 unspecified atom stereocenters. The summed E-state index contributed by atoms with van der Waals surface area (Å²) in [5.74, 6) is -0.613. The first kappa shape index (κ1) is 23.1. The van der Waals surface area contributed by atoms with E-state index in [-0.39, 0.29) is 24.0 Å². The van der Waals surface area contributed by atoms with Crippen LogP contribution in [0, 0.1) is 0 Å². The van der Waals surface area contributed by atoms with Crippen molar-refractivity contribution in [1.82, 2.24) is 24.0 Å². The second-order valence-corrected chi connectivity index (χ2v) is 8.49. The van der Waals surface area contributed by atoms with Crippen molar-refractivity contribution in [2.45, 2.75) is 18.9 Å². The number of anilines is 2. The number of piperidine rings is 1. The number of benzene rings is 2. The van der Waals surface area contributed by atoms with E-state index >= 15 is 0 Å². The molecule has 1 fully saturated rings. The highest BCUT2D eigenvalue weighted by Crippen LogP contribution is 2.29. The zero-order valence-electron chi connectivity index (χ0n) is 19.3. The van der Waals surface area contributed by atoms with Crippen LogP contribution in [0.25, 0.3) is 16.9 Å². The fourth-order valence-corrected chi connectivity index (χ4v) is 4.53. The number of nitrogens with zero attached hydrogens (tertiary/aromatic N) is 5. The van der Waals surface area contributed by atoms with Crippen LogP contribution in [0.1, 0.15) is 18.9 Å². The first-order valence-electron chi connectivity index (χ1n) is 11.4. The Morgan fingerprint density at radius 3 is 2.44 bits per heavy atom. The number of hydrogen-bond donors (Lipinski definition) is 2. The number of amides is 1. The van der Waals surface area contributed by atoms with Crippen molar-refractivity contribution < 1.29 is 13.9 Å². The maximum atomic E-state index is 13.8. The molecule has 4 N–H and O–H groups in total. The fourth-order valence-electron chi connectivity index (χ4n) is 4.53. The second kappa shape index (κ2) is 9.17. The van der Waals surface area contributed by atoms with Crippen molar-refractivity contribution in [3.05, 3.63) is 77.5 Å². The number of carbonyl (C=O) groups excluding carboxylic acids is 1. The zero-order chi connectivity index (χ0) is 25.4. The molecule has 2 aromatic heterocycles. The van der Waals surface area contributed by atoms with Crippen LogP contribution >= 0.6 is 0 Å². The van der Waals surface area contributed by atoms with E-state index in [0.717, 1.165) is 0 Å². The molecule has 0 saturated carbocycles. The minimum absolute atomic E-state index is 0.0406. The molecule has 11 heteroatoms. The molecule has 10 nitrogen and oxygen atoms in total. The van der Waals surface area contributed by atoms with Gasteiger partial charge in [-0.2, -0.15) is 9.97 Å². The van der Waals surface area contributed by atoms with E-state index in [0.29, 0.717) is 42.1 Å². The number of carbonyl (C=O) groups is 1. The van der Waals surface area contributed by atoms with Crippen LogP contribution in [0.2, 0.25) is 0 Å². The number of imidazole rings is 1. The molecule has 1 aliphatic rings. The quantitative estimate of drug-likeness (QED) is 0.411. The number of ether oxygens (including phenoxy) is 1. The maximum Gasteiger partial charge on any atom is 0.335 e. The van der Waals surface area contributed by atoms with Gasteiger partial charge in [0.05, 0.1) is 11.7 Å². The predicted octanol–water partition coefficient (Wildman–Crippen LogP) is 3.19. The molecule has 1 aliphatic heterocycles. The highest BCUT2D eigenvalue weighted by molar-refractivity contribution is 5.90. The van der Waals surface area contributed by atoms with Gasteiger partial charge in [0.1, 0.15) is 17.0 Å². The molecule has 0 radical (unpaired) electrons.